The molecule has 0 atom stereocenters. The van der Waals surface area contributed by atoms with Crippen LogP contribution in [0, 0.1) is 12.7 Å². The molecule has 192 valence electrons. The summed E-state index contributed by atoms with van der Waals surface area (Å²) in [6.45, 7) is 2.87. The van der Waals surface area contributed by atoms with E-state index in [9.17, 15) is 8.60 Å². The molecule has 2 aliphatic rings. The van der Waals surface area contributed by atoms with Crippen LogP contribution in [0.2, 0.25) is 0 Å². The normalized spacial score (nSPS) is 21.8. The minimum atomic E-state index is -2.34. The van der Waals surface area contributed by atoms with Crippen molar-refractivity contribution in [3.63, 3.8) is 0 Å². The molecule has 2 heterocycles. The Morgan fingerprint density at radius 2 is 1.83 bits per heavy atom. The molecule has 3 aromatic rings. The van der Waals surface area contributed by atoms with Gasteiger partial charge in [-0.1, -0.05) is 0 Å². The Kier molecular flexibility index (Phi) is 7.36. The van der Waals surface area contributed by atoms with Gasteiger partial charge in [-0.05, 0) is 62.4 Å². The molecule has 0 bridgehead atoms. The van der Waals surface area contributed by atoms with E-state index in [4.69, 9.17) is 14.2 Å². The van der Waals surface area contributed by atoms with E-state index in [1.807, 2.05) is 19.1 Å². The van der Waals surface area contributed by atoms with E-state index in [0.717, 1.165) is 36.6 Å². The molecule has 2 aromatic carbocycles. The largest absolute Gasteiger partial charge is 0.488 e. The Balaban J connectivity index is 1.44. The summed E-state index contributed by atoms with van der Waals surface area (Å²) >= 11 is 0. The van der Waals surface area contributed by atoms with Crippen molar-refractivity contribution in [3.05, 3.63) is 48.0 Å². The number of aromatic nitrogens is 2. The smallest absolute Gasteiger partial charge is 0.146 e. The number of nitrogens with one attached hydrogen (secondary N) is 1. The summed E-state index contributed by atoms with van der Waals surface area (Å²) in [5, 5.41) is 4.14. The van der Waals surface area contributed by atoms with Crippen LogP contribution in [0.1, 0.15) is 31.2 Å². The number of rotatable bonds is 6. The van der Waals surface area contributed by atoms with Gasteiger partial charge in [-0.25, -0.2) is 18.6 Å². The van der Waals surface area contributed by atoms with Gasteiger partial charge in [0.15, 0.2) is 0 Å². The summed E-state index contributed by atoms with van der Waals surface area (Å²) in [4.78, 5) is 8.90. The van der Waals surface area contributed by atoms with Crippen molar-refractivity contribution in [1.29, 1.82) is 0 Å². The fourth-order valence-corrected chi connectivity index (χ4v) is 6.41. The van der Waals surface area contributed by atoms with Gasteiger partial charge in [0.2, 0.25) is 0 Å². The molecule has 1 aliphatic carbocycles. The summed E-state index contributed by atoms with van der Waals surface area (Å²) in [5.41, 5.74) is 2.84. The number of fused-ring (bicyclic) bond motifs is 1. The highest BCUT2D eigenvalue weighted by Crippen LogP contribution is 2.35. The van der Waals surface area contributed by atoms with Crippen LogP contribution < -0.4 is 10.1 Å². The molecular weight excluding hydrogens is 483 g/mol. The number of benzene rings is 2. The zero-order chi connectivity index (χ0) is 25.1. The number of anilines is 2. The van der Waals surface area contributed by atoms with Crippen LogP contribution in [0.3, 0.4) is 0 Å². The lowest BCUT2D eigenvalue weighted by molar-refractivity contribution is 0.0329. The Hall–Kier alpha value is -2.82. The molecule has 2 fully saturated rings. The Morgan fingerprint density at radius 3 is 2.58 bits per heavy atom. The molecule has 8 nitrogen and oxygen atoms in total. The first kappa shape index (κ1) is 24.9. The van der Waals surface area contributed by atoms with Crippen molar-refractivity contribution in [3.8, 4) is 5.75 Å². The Bertz CT molecular complexity index is 1360. The Morgan fingerprint density at radius 1 is 1.08 bits per heavy atom. The van der Waals surface area contributed by atoms with Gasteiger partial charge in [0.1, 0.15) is 23.7 Å². The van der Waals surface area contributed by atoms with Gasteiger partial charge < -0.3 is 19.5 Å². The average molecular weight is 515 g/mol. The molecule has 1 N–H and O–H groups in total. The first-order valence-corrected chi connectivity index (χ1v) is 14.1. The number of halogens is 1. The molecule has 0 amide bonds. The van der Waals surface area contributed by atoms with Crippen LogP contribution in [-0.2, 0) is 19.2 Å². The second-order valence-corrected chi connectivity index (χ2v) is 11.8. The van der Waals surface area contributed by atoms with E-state index >= 15 is 0 Å². The van der Waals surface area contributed by atoms with Gasteiger partial charge in [0, 0.05) is 18.6 Å². The highest BCUT2D eigenvalue weighted by atomic mass is 32.2. The van der Waals surface area contributed by atoms with E-state index in [-0.39, 0.29) is 18.0 Å². The monoisotopic (exact) mass is 514 g/mol. The van der Waals surface area contributed by atoms with Gasteiger partial charge >= 0.3 is 0 Å². The van der Waals surface area contributed by atoms with Gasteiger partial charge in [-0.2, -0.15) is 4.36 Å². The number of methoxy groups -OCH3 is 1. The molecule has 36 heavy (non-hydrogen) atoms. The number of aryl methyl sites for hydroxylation is 1. The van der Waals surface area contributed by atoms with Crippen molar-refractivity contribution in [2.75, 3.05) is 37.1 Å². The maximum absolute atomic E-state index is 14.1. The lowest BCUT2D eigenvalue weighted by Gasteiger charge is -2.28. The predicted octanol–water partition coefficient (Wildman–Crippen LogP) is 5.29. The molecular formula is C26H31FN4O4S. The zero-order valence-corrected chi connectivity index (χ0v) is 21.4. The van der Waals surface area contributed by atoms with E-state index < -0.39 is 9.73 Å². The second kappa shape index (κ2) is 10.7. The average Bonchev–Trinajstić information content (AvgIpc) is 2.86. The van der Waals surface area contributed by atoms with Crippen LogP contribution in [0.5, 0.6) is 5.75 Å². The fourth-order valence-electron chi connectivity index (χ4n) is 4.78. The molecule has 10 heteroatoms. The molecule has 1 saturated heterocycles. The van der Waals surface area contributed by atoms with Gasteiger partial charge in [0.25, 0.3) is 0 Å². The third-order valence-corrected chi connectivity index (χ3v) is 8.88. The van der Waals surface area contributed by atoms with Crippen molar-refractivity contribution in [1.82, 2.24) is 9.97 Å². The highest BCUT2D eigenvalue weighted by Gasteiger charge is 2.23. The predicted molar refractivity (Wildman–Crippen MR) is 138 cm³/mol. The summed E-state index contributed by atoms with van der Waals surface area (Å²) in [5.74, 6) is 1.53. The topological polar surface area (TPSA) is 94.9 Å². The SMILES string of the molecule is COC1CCC(Oc2cc(F)ccc2Nc2ncnc3cc(N=S4(=O)CCOCC4)cc(C)c23)CC1. The maximum atomic E-state index is 14.1. The van der Waals surface area contributed by atoms with Gasteiger partial charge in [0.05, 0.1) is 63.5 Å². The molecule has 0 spiro atoms. The third-order valence-electron chi connectivity index (χ3n) is 6.73. The third kappa shape index (κ3) is 5.61. The van der Waals surface area contributed by atoms with Crippen LogP contribution in [0.15, 0.2) is 41.0 Å². The number of nitrogens with zero attached hydrogens (tertiary/aromatic N) is 3. The first-order chi connectivity index (χ1) is 17.4. The minimum absolute atomic E-state index is 0.00102. The second-order valence-electron chi connectivity index (χ2n) is 9.28. The summed E-state index contributed by atoms with van der Waals surface area (Å²) < 4.78 is 48.8. The van der Waals surface area contributed by atoms with Crippen molar-refractivity contribution in [2.45, 2.75) is 44.8 Å². The number of hydrogen-bond acceptors (Lipinski definition) is 8. The maximum Gasteiger partial charge on any atom is 0.146 e. The molecule has 0 unspecified atom stereocenters. The van der Waals surface area contributed by atoms with Crippen LogP contribution in [-0.4, -0.2) is 58.2 Å². The van der Waals surface area contributed by atoms with Gasteiger partial charge in [-0.3, -0.25) is 0 Å². The quantitative estimate of drug-likeness (QED) is 0.478. The summed E-state index contributed by atoms with van der Waals surface area (Å²) in [7, 11) is -0.603. The lowest BCUT2D eigenvalue weighted by Crippen LogP contribution is -2.27. The van der Waals surface area contributed by atoms with E-state index in [2.05, 4.69) is 19.6 Å². The van der Waals surface area contributed by atoms with Crippen molar-refractivity contribution < 1.29 is 22.8 Å². The van der Waals surface area contributed by atoms with Crippen LogP contribution in [0.4, 0.5) is 21.6 Å². The summed E-state index contributed by atoms with van der Waals surface area (Å²) in [6, 6.07) is 8.19. The van der Waals surface area contributed by atoms with Gasteiger partial charge in [-0.15, -0.1) is 0 Å². The standard InChI is InChI=1S/C26H31FN4O4S/c1-17-13-19(31-36(32)11-9-34-10-12-36)15-23-25(17)26(29-16-28-23)30-22-8-3-18(27)14-24(22)35-21-6-4-20(33-2)5-7-21/h3,8,13-16,20-21H,4-7,9-12H2,1-2H3,(H,28,29,30). The van der Waals surface area contributed by atoms with Crippen LogP contribution >= 0.6 is 0 Å². The lowest BCUT2D eigenvalue weighted by atomic mass is 9.95. The minimum Gasteiger partial charge on any atom is -0.488 e. The fraction of sp³-hybridized carbons (Fsp3) is 0.462. The molecule has 1 aromatic heterocycles. The van der Waals surface area contributed by atoms with Crippen LogP contribution in [0.25, 0.3) is 10.9 Å². The molecule has 1 saturated carbocycles. The van der Waals surface area contributed by atoms with Crippen molar-refractivity contribution in [2.24, 2.45) is 4.36 Å². The number of ether oxygens (including phenoxy) is 3. The zero-order valence-electron chi connectivity index (χ0n) is 20.5. The van der Waals surface area contributed by atoms with E-state index in [0.29, 0.717) is 53.2 Å². The molecule has 1 aliphatic heterocycles. The Labute approximate surface area is 210 Å². The first-order valence-electron chi connectivity index (χ1n) is 12.2. The van der Waals surface area contributed by atoms with E-state index in [1.54, 1.807) is 13.2 Å². The van der Waals surface area contributed by atoms with E-state index in [1.165, 1.54) is 18.5 Å². The number of hydrogen-bond donors (Lipinski definition) is 1. The highest BCUT2D eigenvalue weighted by molar-refractivity contribution is 7.93. The van der Waals surface area contributed by atoms with Crippen molar-refractivity contribution >= 4 is 37.8 Å². The summed E-state index contributed by atoms with van der Waals surface area (Å²) in [6.07, 6.45) is 5.27. The molecule has 5 rings (SSSR count). The molecule has 0 radical (unpaired) electrons.